The van der Waals surface area contributed by atoms with Crippen molar-refractivity contribution in [1.82, 2.24) is 9.80 Å². The molecule has 0 N–H and O–H groups in total. The zero-order valence-electron chi connectivity index (χ0n) is 20.0. The van der Waals surface area contributed by atoms with Gasteiger partial charge >= 0.3 is 0 Å². The molecule has 4 nitrogen and oxygen atoms in total. The van der Waals surface area contributed by atoms with Gasteiger partial charge in [0.05, 0.1) is 6.54 Å². The van der Waals surface area contributed by atoms with Crippen LogP contribution in [0.1, 0.15) is 34.6 Å². The zero-order chi connectivity index (χ0) is 24.8. The highest BCUT2D eigenvalue weighted by Gasteiger charge is 2.24. The number of nitrogens with zero attached hydrogens (tertiary/aromatic N) is 2. The van der Waals surface area contributed by atoms with Crippen LogP contribution in [-0.2, 0) is 17.9 Å². The molecule has 0 unspecified atom stereocenters. The topological polar surface area (TPSA) is 40.6 Å². The lowest BCUT2D eigenvalue weighted by molar-refractivity contribution is -0.133. The van der Waals surface area contributed by atoms with Crippen LogP contribution in [0.5, 0.6) is 0 Å². The maximum Gasteiger partial charge on any atom is 0.254 e. The van der Waals surface area contributed by atoms with Crippen molar-refractivity contribution in [3.05, 3.63) is 106 Å². The van der Waals surface area contributed by atoms with Crippen molar-refractivity contribution in [2.75, 3.05) is 13.1 Å². The highest BCUT2D eigenvalue weighted by atomic mass is 32.1. The first-order chi connectivity index (χ1) is 16.9. The van der Waals surface area contributed by atoms with E-state index in [-0.39, 0.29) is 30.1 Å². The number of carbonyl (C=O) groups excluding carboxylic acids is 2. The lowest BCUT2D eigenvalue weighted by Crippen LogP contribution is -2.43. The van der Waals surface area contributed by atoms with Crippen molar-refractivity contribution in [2.45, 2.75) is 26.9 Å². The van der Waals surface area contributed by atoms with Crippen molar-refractivity contribution < 1.29 is 14.0 Å². The predicted octanol–water partition coefficient (Wildman–Crippen LogP) is 6.37. The fourth-order valence-corrected chi connectivity index (χ4v) is 4.78. The van der Waals surface area contributed by atoms with Gasteiger partial charge in [0, 0.05) is 23.5 Å². The summed E-state index contributed by atoms with van der Waals surface area (Å²) in [5, 5.41) is 4.03. The molecule has 4 rings (SSSR count). The largest absolute Gasteiger partial charge is 0.332 e. The summed E-state index contributed by atoms with van der Waals surface area (Å²) in [7, 11) is 0. The van der Waals surface area contributed by atoms with Gasteiger partial charge < -0.3 is 9.80 Å². The Balaban J connectivity index is 1.56. The number of thiophene rings is 1. The van der Waals surface area contributed by atoms with Gasteiger partial charge in [-0.25, -0.2) is 4.39 Å². The lowest BCUT2D eigenvalue weighted by atomic mass is 10.1. The molecular formula is C29H29FN2O2S. The molecule has 0 atom stereocenters. The van der Waals surface area contributed by atoms with Gasteiger partial charge in [0.15, 0.2) is 0 Å². The fourth-order valence-electron chi connectivity index (χ4n) is 4.06. The van der Waals surface area contributed by atoms with E-state index in [4.69, 9.17) is 0 Å². The van der Waals surface area contributed by atoms with E-state index < -0.39 is 0 Å². The number of halogens is 1. The highest BCUT2D eigenvalue weighted by molar-refractivity contribution is 7.09. The van der Waals surface area contributed by atoms with Gasteiger partial charge in [-0.15, -0.1) is 11.3 Å². The van der Waals surface area contributed by atoms with Crippen LogP contribution in [0.25, 0.3) is 10.8 Å². The van der Waals surface area contributed by atoms with E-state index in [2.05, 4.69) is 0 Å². The molecule has 0 aliphatic rings. The molecule has 0 radical (unpaired) electrons. The molecule has 35 heavy (non-hydrogen) atoms. The number of hydrogen-bond acceptors (Lipinski definition) is 3. The van der Waals surface area contributed by atoms with Gasteiger partial charge in [0.2, 0.25) is 5.91 Å². The Kier molecular flexibility index (Phi) is 7.93. The zero-order valence-corrected chi connectivity index (χ0v) is 20.8. The first kappa shape index (κ1) is 24.6. The summed E-state index contributed by atoms with van der Waals surface area (Å²) in [5.41, 5.74) is 1.41. The van der Waals surface area contributed by atoms with Gasteiger partial charge in [0.25, 0.3) is 5.91 Å². The van der Waals surface area contributed by atoms with Gasteiger partial charge in [0.1, 0.15) is 12.4 Å². The minimum Gasteiger partial charge on any atom is -0.332 e. The second kappa shape index (κ2) is 11.3. The van der Waals surface area contributed by atoms with Crippen LogP contribution in [0.4, 0.5) is 4.39 Å². The number of fused-ring (bicyclic) bond motifs is 1. The Morgan fingerprint density at radius 3 is 2.29 bits per heavy atom. The number of amides is 2. The van der Waals surface area contributed by atoms with E-state index in [1.807, 2.05) is 73.8 Å². The van der Waals surface area contributed by atoms with E-state index in [0.29, 0.717) is 25.2 Å². The van der Waals surface area contributed by atoms with Crippen LogP contribution in [0.15, 0.2) is 84.2 Å². The minimum absolute atomic E-state index is 0.0175. The van der Waals surface area contributed by atoms with Crippen molar-refractivity contribution in [2.24, 2.45) is 5.92 Å². The van der Waals surface area contributed by atoms with Crippen LogP contribution in [0.2, 0.25) is 0 Å². The quantitative estimate of drug-likeness (QED) is 0.275. The van der Waals surface area contributed by atoms with Crippen molar-refractivity contribution in [3.8, 4) is 0 Å². The van der Waals surface area contributed by atoms with Crippen LogP contribution >= 0.6 is 11.3 Å². The number of hydrogen-bond donors (Lipinski definition) is 0. The second-order valence-corrected chi connectivity index (χ2v) is 10.1. The number of benzene rings is 3. The molecule has 0 fully saturated rings. The summed E-state index contributed by atoms with van der Waals surface area (Å²) in [6.45, 7) is 5.31. The SMILES string of the molecule is CC(C)CN(CC(=O)N(Cc1ccc(F)cc1)Cc1cccs1)C(=O)c1ccc2ccccc2c1. The van der Waals surface area contributed by atoms with Crippen LogP contribution in [0, 0.1) is 11.7 Å². The van der Waals surface area contributed by atoms with E-state index in [0.717, 1.165) is 21.2 Å². The summed E-state index contributed by atoms with van der Waals surface area (Å²) in [6, 6.07) is 23.7. The lowest BCUT2D eigenvalue weighted by Gasteiger charge is -2.29. The monoisotopic (exact) mass is 488 g/mol. The molecule has 0 spiro atoms. The molecule has 0 bridgehead atoms. The Labute approximate surface area is 209 Å². The predicted molar refractivity (Wildman–Crippen MR) is 140 cm³/mol. The molecule has 4 aromatic rings. The first-order valence-corrected chi connectivity index (χ1v) is 12.6. The Morgan fingerprint density at radius 2 is 1.60 bits per heavy atom. The molecule has 180 valence electrons. The number of carbonyl (C=O) groups is 2. The maximum atomic E-state index is 13.5. The van der Waals surface area contributed by atoms with Crippen molar-refractivity contribution >= 4 is 33.9 Å². The van der Waals surface area contributed by atoms with E-state index in [1.165, 1.54) is 12.1 Å². The third-order valence-electron chi connectivity index (χ3n) is 5.76. The molecular weight excluding hydrogens is 459 g/mol. The molecule has 0 aliphatic carbocycles. The third-order valence-corrected chi connectivity index (χ3v) is 6.62. The highest BCUT2D eigenvalue weighted by Crippen LogP contribution is 2.19. The molecule has 2 amide bonds. The normalized spacial score (nSPS) is 11.1. The van der Waals surface area contributed by atoms with Gasteiger partial charge in [-0.3, -0.25) is 9.59 Å². The standard InChI is InChI=1S/C29H29FN2O2S/c1-21(2)17-32(29(34)25-12-11-23-6-3-4-7-24(23)16-25)20-28(33)31(19-27-8-5-15-35-27)18-22-9-13-26(30)14-10-22/h3-16,21H,17-20H2,1-2H3. The van der Waals surface area contributed by atoms with Gasteiger partial charge in [-0.05, 0) is 58.0 Å². The fraction of sp³-hybridized carbons (Fsp3) is 0.241. The average molecular weight is 489 g/mol. The van der Waals surface area contributed by atoms with Crippen molar-refractivity contribution in [3.63, 3.8) is 0 Å². The molecule has 3 aromatic carbocycles. The molecule has 1 heterocycles. The molecule has 0 saturated heterocycles. The second-order valence-electron chi connectivity index (χ2n) is 9.10. The first-order valence-electron chi connectivity index (χ1n) is 11.7. The molecule has 0 aliphatic heterocycles. The molecule has 1 aromatic heterocycles. The summed E-state index contributed by atoms with van der Waals surface area (Å²) in [6.07, 6.45) is 0. The van der Waals surface area contributed by atoms with E-state index in [9.17, 15) is 14.0 Å². The minimum atomic E-state index is -0.311. The Hall–Kier alpha value is -3.51. The van der Waals surface area contributed by atoms with E-state index >= 15 is 0 Å². The third kappa shape index (κ3) is 6.55. The van der Waals surface area contributed by atoms with Gasteiger partial charge in [-0.2, -0.15) is 0 Å². The van der Waals surface area contributed by atoms with Crippen LogP contribution in [0.3, 0.4) is 0 Å². The summed E-state index contributed by atoms with van der Waals surface area (Å²) in [5.74, 6) is -0.405. The summed E-state index contributed by atoms with van der Waals surface area (Å²) < 4.78 is 13.4. The van der Waals surface area contributed by atoms with E-state index in [1.54, 1.807) is 33.3 Å². The average Bonchev–Trinajstić information content (AvgIpc) is 3.36. The molecule has 6 heteroatoms. The Bertz CT molecular complexity index is 1290. The maximum absolute atomic E-state index is 13.5. The van der Waals surface area contributed by atoms with Gasteiger partial charge in [-0.1, -0.05) is 62.4 Å². The summed E-state index contributed by atoms with van der Waals surface area (Å²) in [4.78, 5) is 31.5. The van der Waals surface area contributed by atoms with Crippen molar-refractivity contribution in [1.29, 1.82) is 0 Å². The molecule has 0 saturated carbocycles. The smallest absolute Gasteiger partial charge is 0.254 e. The Morgan fingerprint density at radius 1 is 0.857 bits per heavy atom. The number of rotatable bonds is 9. The van der Waals surface area contributed by atoms with Crippen LogP contribution in [-0.4, -0.2) is 34.7 Å². The summed E-state index contributed by atoms with van der Waals surface area (Å²) >= 11 is 1.58. The van der Waals surface area contributed by atoms with Crippen LogP contribution < -0.4 is 0 Å².